The molecular weight excluding hydrogens is 212 g/mol. The van der Waals surface area contributed by atoms with E-state index in [1.807, 2.05) is 6.07 Å². The van der Waals surface area contributed by atoms with Crippen molar-refractivity contribution in [2.75, 3.05) is 31.1 Å². The Morgan fingerprint density at radius 3 is 2.76 bits per heavy atom. The highest BCUT2D eigenvalue weighted by Crippen LogP contribution is 2.18. The summed E-state index contributed by atoms with van der Waals surface area (Å²) >= 11 is 0. The second-order valence-corrected chi connectivity index (χ2v) is 4.96. The first-order chi connectivity index (χ1) is 8.29. The van der Waals surface area contributed by atoms with E-state index in [-0.39, 0.29) is 6.61 Å². The Bertz CT molecular complexity index is 328. The summed E-state index contributed by atoms with van der Waals surface area (Å²) in [5, 5.41) is 12.6. The Kier molecular flexibility index (Phi) is 4.40. The SMILES string of the molecule is CC1CNC(CCO)CN(c2ccccc2)C1. The van der Waals surface area contributed by atoms with Crippen molar-refractivity contribution in [2.45, 2.75) is 19.4 Å². The predicted molar refractivity (Wildman–Crippen MR) is 71.3 cm³/mol. The molecule has 1 saturated heterocycles. The summed E-state index contributed by atoms with van der Waals surface area (Å²) in [7, 11) is 0. The van der Waals surface area contributed by atoms with E-state index in [1.165, 1.54) is 5.69 Å². The average molecular weight is 234 g/mol. The lowest BCUT2D eigenvalue weighted by Crippen LogP contribution is -2.38. The lowest BCUT2D eigenvalue weighted by Gasteiger charge is -2.27. The molecule has 17 heavy (non-hydrogen) atoms. The molecule has 0 amide bonds. The molecule has 1 aliphatic rings. The molecule has 2 unspecified atom stereocenters. The Labute approximate surface area is 103 Å². The minimum absolute atomic E-state index is 0.259. The molecule has 0 saturated carbocycles. The van der Waals surface area contributed by atoms with Crippen LogP contribution in [0.4, 0.5) is 5.69 Å². The van der Waals surface area contributed by atoms with Crippen LogP contribution in [0, 0.1) is 5.92 Å². The third-order valence-electron chi connectivity index (χ3n) is 3.33. The van der Waals surface area contributed by atoms with Crippen molar-refractivity contribution in [3.8, 4) is 0 Å². The van der Waals surface area contributed by atoms with E-state index in [0.29, 0.717) is 12.0 Å². The summed E-state index contributed by atoms with van der Waals surface area (Å²) in [6.45, 7) is 5.63. The van der Waals surface area contributed by atoms with Gasteiger partial charge in [-0.1, -0.05) is 25.1 Å². The first kappa shape index (κ1) is 12.4. The third kappa shape index (κ3) is 3.45. The molecule has 0 aromatic heterocycles. The molecule has 1 aliphatic heterocycles. The van der Waals surface area contributed by atoms with Crippen LogP contribution in [0.15, 0.2) is 30.3 Å². The van der Waals surface area contributed by atoms with E-state index in [2.05, 4.69) is 41.4 Å². The number of hydrogen-bond donors (Lipinski definition) is 2. The molecule has 1 heterocycles. The molecule has 0 bridgehead atoms. The smallest absolute Gasteiger partial charge is 0.0446 e. The molecule has 1 aromatic carbocycles. The molecule has 2 N–H and O–H groups in total. The van der Waals surface area contributed by atoms with Gasteiger partial charge in [0, 0.05) is 31.4 Å². The van der Waals surface area contributed by atoms with Crippen molar-refractivity contribution >= 4 is 5.69 Å². The number of hydrogen-bond acceptors (Lipinski definition) is 3. The van der Waals surface area contributed by atoms with Crippen LogP contribution in [-0.2, 0) is 0 Å². The molecule has 2 atom stereocenters. The molecule has 3 nitrogen and oxygen atoms in total. The molecule has 0 aliphatic carbocycles. The molecule has 1 fully saturated rings. The van der Waals surface area contributed by atoms with Gasteiger partial charge < -0.3 is 15.3 Å². The van der Waals surface area contributed by atoms with Crippen molar-refractivity contribution in [2.24, 2.45) is 5.92 Å². The fourth-order valence-corrected chi connectivity index (χ4v) is 2.41. The highest BCUT2D eigenvalue weighted by Gasteiger charge is 2.20. The highest BCUT2D eigenvalue weighted by molar-refractivity contribution is 5.46. The first-order valence-corrected chi connectivity index (χ1v) is 6.44. The summed E-state index contributed by atoms with van der Waals surface area (Å²) < 4.78 is 0. The van der Waals surface area contributed by atoms with Crippen molar-refractivity contribution in [3.05, 3.63) is 30.3 Å². The summed E-state index contributed by atoms with van der Waals surface area (Å²) in [5.41, 5.74) is 1.28. The van der Waals surface area contributed by atoms with Crippen molar-refractivity contribution in [1.82, 2.24) is 5.32 Å². The largest absolute Gasteiger partial charge is 0.396 e. The van der Waals surface area contributed by atoms with E-state index in [1.54, 1.807) is 0 Å². The van der Waals surface area contributed by atoms with Crippen LogP contribution in [0.1, 0.15) is 13.3 Å². The highest BCUT2D eigenvalue weighted by atomic mass is 16.3. The molecule has 1 aromatic rings. The Morgan fingerprint density at radius 2 is 2.06 bits per heavy atom. The lowest BCUT2D eigenvalue weighted by molar-refractivity contribution is 0.266. The second-order valence-electron chi connectivity index (χ2n) is 4.96. The minimum atomic E-state index is 0.259. The van der Waals surface area contributed by atoms with Gasteiger partial charge in [-0.25, -0.2) is 0 Å². The normalized spacial score (nSPS) is 25.6. The van der Waals surface area contributed by atoms with Crippen LogP contribution in [0.3, 0.4) is 0 Å². The Morgan fingerprint density at radius 1 is 1.29 bits per heavy atom. The van der Waals surface area contributed by atoms with Crippen molar-refractivity contribution in [1.29, 1.82) is 0 Å². The van der Waals surface area contributed by atoms with Crippen LogP contribution in [-0.4, -0.2) is 37.4 Å². The lowest BCUT2D eigenvalue weighted by atomic mass is 10.1. The van der Waals surface area contributed by atoms with Crippen LogP contribution >= 0.6 is 0 Å². The van der Waals surface area contributed by atoms with Gasteiger partial charge in [-0.05, 0) is 31.0 Å². The zero-order valence-electron chi connectivity index (χ0n) is 10.5. The average Bonchev–Trinajstić information content (AvgIpc) is 2.54. The summed E-state index contributed by atoms with van der Waals surface area (Å²) in [4.78, 5) is 2.42. The maximum atomic E-state index is 9.07. The van der Waals surface area contributed by atoms with Gasteiger partial charge >= 0.3 is 0 Å². The number of rotatable bonds is 3. The van der Waals surface area contributed by atoms with E-state index in [9.17, 15) is 0 Å². The number of anilines is 1. The quantitative estimate of drug-likeness (QED) is 0.831. The van der Waals surface area contributed by atoms with E-state index in [0.717, 1.165) is 26.1 Å². The van der Waals surface area contributed by atoms with Crippen molar-refractivity contribution < 1.29 is 5.11 Å². The Hall–Kier alpha value is -1.06. The van der Waals surface area contributed by atoms with E-state index < -0.39 is 0 Å². The van der Waals surface area contributed by atoms with Crippen LogP contribution in [0.2, 0.25) is 0 Å². The standard InChI is InChI=1S/C14H22N2O/c1-12-9-15-13(7-8-17)11-16(10-12)14-5-3-2-4-6-14/h2-6,12-13,15,17H,7-11H2,1H3. The number of aliphatic hydroxyl groups is 1. The zero-order chi connectivity index (χ0) is 12.1. The first-order valence-electron chi connectivity index (χ1n) is 6.44. The maximum Gasteiger partial charge on any atom is 0.0446 e. The molecule has 3 heteroatoms. The topological polar surface area (TPSA) is 35.5 Å². The number of nitrogens with one attached hydrogen (secondary N) is 1. The van der Waals surface area contributed by atoms with Crippen LogP contribution in [0.5, 0.6) is 0 Å². The number of benzene rings is 1. The van der Waals surface area contributed by atoms with Crippen molar-refractivity contribution in [3.63, 3.8) is 0 Å². The van der Waals surface area contributed by atoms with Gasteiger partial charge in [-0.2, -0.15) is 0 Å². The minimum Gasteiger partial charge on any atom is -0.396 e. The number of para-hydroxylation sites is 1. The third-order valence-corrected chi connectivity index (χ3v) is 3.33. The van der Waals surface area contributed by atoms with Gasteiger partial charge in [0.25, 0.3) is 0 Å². The van der Waals surface area contributed by atoms with Gasteiger partial charge in [0.05, 0.1) is 0 Å². The fraction of sp³-hybridized carbons (Fsp3) is 0.571. The second kappa shape index (κ2) is 6.03. The molecule has 2 rings (SSSR count). The van der Waals surface area contributed by atoms with Gasteiger partial charge in [0.2, 0.25) is 0 Å². The molecule has 0 radical (unpaired) electrons. The van der Waals surface area contributed by atoms with Crippen LogP contribution < -0.4 is 10.2 Å². The summed E-state index contributed by atoms with van der Waals surface area (Å²) in [6.07, 6.45) is 0.829. The van der Waals surface area contributed by atoms with E-state index >= 15 is 0 Å². The van der Waals surface area contributed by atoms with Gasteiger partial charge in [0.1, 0.15) is 0 Å². The number of aliphatic hydroxyl groups excluding tert-OH is 1. The van der Waals surface area contributed by atoms with Gasteiger partial charge in [0.15, 0.2) is 0 Å². The molecule has 94 valence electrons. The van der Waals surface area contributed by atoms with Crippen LogP contribution in [0.25, 0.3) is 0 Å². The van der Waals surface area contributed by atoms with Gasteiger partial charge in [-0.15, -0.1) is 0 Å². The maximum absolute atomic E-state index is 9.07. The number of nitrogens with zero attached hydrogens (tertiary/aromatic N) is 1. The summed E-state index contributed by atoms with van der Waals surface area (Å²) in [5.74, 6) is 0.638. The summed E-state index contributed by atoms with van der Waals surface area (Å²) in [6, 6.07) is 10.9. The van der Waals surface area contributed by atoms with E-state index in [4.69, 9.17) is 5.11 Å². The Balaban J connectivity index is 2.08. The monoisotopic (exact) mass is 234 g/mol. The zero-order valence-corrected chi connectivity index (χ0v) is 10.5. The predicted octanol–water partition coefficient (Wildman–Crippen LogP) is 1.48. The fourth-order valence-electron chi connectivity index (χ4n) is 2.41. The molecule has 0 spiro atoms. The van der Waals surface area contributed by atoms with Gasteiger partial charge in [-0.3, -0.25) is 0 Å². The molecular formula is C14H22N2O.